The Hall–Kier alpha value is -3.23. The maximum atomic E-state index is 11.9. The number of nitrogens with one attached hydrogen (secondary N) is 1. The van der Waals surface area contributed by atoms with E-state index in [4.69, 9.17) is 4.74 Å². The first-order chi connectivity index (χ1) is 12.7. The number of methoxy groups -OCH3 is 1. The van der Waals surface area contributed by atoms with Crippen molar-refractivity contribution in [1.29, 1.82) is 0 Å². The van der Waals surface area contributed by atoms with Crippen LogP contribution in [-0.2, 0) is 23.9 Å². The summed E-state index contributed by atoms with van der Waals surface area (Å²) in [6.07, 6.45) is 2.78. The summed E-state index contributed by atoms with van der Waals surface area (Å²) in [7, 11) is 1.22. The Kier molecular flexibility index (Phi) is 8.64. The molecule has 1 amide bonds. The Balaban J connectivity index is 2.55. The van der Waals surface area contributed by atoms with Gasteiger partial charge in [0, 0.05) is 18.2 Å². The number of carbonyl (C=O) groups is 3. The van der Waals surface area contributed by atoms with Crippen molar-refractivity contribution in [3.05, 3.63) is 46.0 Å². The van der Waals surface area contributed by atoms with Gasteiger partial charge in [0.15, 0.2) is 6.61 Å². The van der Waals surface area contributed by atoms with Crippen LogP contribution in [0.2, 0.25) is 0 Å². The molecule has 0 fully saturated rings. The van der Waals surface area contributed by atoms with Crippen molar-refractivity contribution >= 4 is 29.6 Å². The molecule has 1 atom stereocenters. The van der Waals surface area contributed by atoms with Crippen molar-refractivity contribution in [2.75, 3.05) is 13.7 Å². The number of rotatable bonds is 9. The van der Waals surface area contributed by atoms with E-state index in [1.54, 1.807) is 6.07 Å². The third-order valence-corrected chi connectivity index (χ3v) is 3.37. The Morgan fingerprint density at radius 1 is 1.30 bits per heavy atom. The molecule has 1 aromatic carbocycles. The number of benzene rings is 1. The second-order valence-corrected chi connectivity index (χ2v) is 6.07. The van der Waals surface area contributed by atoms with E-state index in [-0.39, 0.29) is 11.6 Å². The third-order valence-electron chi connectivity index (χ3n) is 3.37. The van der Waals surface area contributed by atoms with Crippen LogP contribution in [0.1, 0.15) is 25.8 Å². The molecule has 146 valence electrons. The lowest BCUT2D eigenvalue weighted by Gasteiger charge is -2.18. The SMILES string of the molecule is COC(=O)[C@H](CC(C)C)NC(=O)COC(=O)/C=C/c1cccc([N+](=O)[O-])c1. The maximum absolute atomic E-state index is 11.9. The van der Waals surface area contributed by atoms with Crippen LogP contribution in [0.25, 0.3) is 6.08 Å². The molecular formula is C18H22N2O7. The van der Waals surface area contributed by atoms with Gasteiger partial charge >= 0.3 is 11.9 Å². The van der Waals surface area contributed by atoms with Gasteiger partial charge in [-0.25, -0.2) is 9.59 Å². The predicted octanol–water partition coefficient (Wildman–Crippen LogP) is 1.86. The molecular weight excluding hydrogens is 356 g/mol. The second kappa shape index (κ2) is 10.7. The number of nitro benzene ring substituents is 1. The monoisotopic (exact) mass is 378 g/mol. The molecule has 0 saturated heterocycles. The Morgan fingerprint density at radius 3 is 2.59 bits per heavy atom. The molecule has 0 bridgehead atoms. The fraction of sp³-hybridized carbons (Fsp3) is 0.389. The Bertz CT molecular complexity index is 728. The Labute approximate surface area is 156 Å². The molecule has 9 heteroatoms. The highest BCUT2D eigenvalue weighted by molar-refractivity contribution is 5.90. The smallest absolute Gasteiger partial charge is 0.331 e. The first kappa shape index (κ1) is 21.8. The van der Waals surface area contributed by atoms with Crippen LogP contribution in [0.4, 0.5) is 5.69 Å². The number of nitrogens with zero attached hydrogens (tertiary/aromatic N) is 1. The minimum Gasteiger partial charge on any atom is -0.467 e. The highest BCUT2D eigenvalue weighted by atomic mass is 16.6. The summed E-state index contributed by atoms with van der Waals surface area (Å²) >= 11 is 0. The van der Waals surface area contributed by atoms with E-state index in [0.29, 0.717) is 12.0 Å². The van der Waals surface area contributed by atoms with Crippen LogP contribution in [0.3, 0.4) is 0 Å². The van der Waals surface area contributed by atoms with Crippen molar-refractivity contribution in [2.24, 2.45) is 5.92 Å². The van der Waals surface area contributed by atoms with E-state index in [1.807, 2.05) is 13.8 Å². The summed E-state index contributed by atoms with van der Waals surface area (Å²) < 4.78 is 9.43. The molecule has 27 heavy (non-hydrogen) atoms. The quantitative estimate of drug-likeness (QED) is 0.301. The van der Waals surface area contributed by atoms with E-state index in [1.165, 1.54) is 31.4 Å². The van der Waals surface area contributed by atoms with Crippen LogP contribution in [0.5, 0.6) is 0 Å². The largest absolute Gasteiger partial charge is 0.467 e. The van der Waals surface area contributed by atoms with Crippen molar-refractivity contribution in [1.82, 2.24) is 5.32 Å². The van der Waals surface area contributed by atoms with Gasteiger partial charge in [-0.3, -0.25) is 14.9 Å². The van der Waals surface area contributed by atoms with Gasteiger partial charge < -0.3 is 14.8 Å². The highest BCUT2D eigenvalue weighted by Gasteiger charge is 2.22. The number of ether oxygens (including phenoxy) is 2. The molecule has 1 N–H and O–H groups in total. The number of hydrogen-bond donors (Lipinski definition) is 1. The lowest BCUT2D eigenvalue weighted by Crippen LogP contribution is -2.44. The molecule has 1 aromatic rings. The minimum atomic E-state index is -0.818. The number of esters is 2. The molecule has 0 heterocycles. The first-order valence-electron chi connectivity index (χ1n) is 8.19. The molecule has 0 unspecified atom stereocenters. The van der Waals surface area contributed by atoms with Crippen molar-refractivity contribution in [2.45, 2.75) is 26.3 Å². The number of hydrogen-bond acceptors (Lipinski definition) is 7. The molecule has 0 saturated carbocycles. The van der Waals surface area contributed by atoms with E-state index in [2.05, 4.69) is 10.1 Å². The van der Waals surface area contributed by atoms with Crippen LogP contribution in [0, 0.1) is 16.0 Å². The third kappa shape index (κ3) is 8.13. The summed E-state index contributed by atoms with van der Waals surface area (Å²) in [6, 6.07) is 4.87. The van der Waals surface area contributed by atoms with Gasteiger partial charge in [0.2, 0.25) is 0 Å². The minimum absolute atomic E-state index is 0.108. The van der Waals surface area contributed by atoms with Gasteiger partial charge in [-0.15, -0.1) is 0 Å². The number of nitro groups is 1. The van der Waals surface area contributed by atoms with E-state index < -0.39 is 35.4 Å². The summed E-state index contributed by atoms with van der Waals surface area (Å²) in [4.78, 5) is 45.3. The van der Waals surface area contributed by atoms with Crippen LogP contribution >= 0.6 is 0 Å². The topological polar surface area (TPSA) is 125 Å². The van der Waals surface area contributed by atoms with Crippen LogP contribution in [0.15, 0.2) is 30.3 Å². The lowest BCUT2D eigenvalue weighted by atomic mass is 10.0. The fourth-order valence-corrected chi connectivity index (χ4v) is 2.15. The molecule has 0 radical (unpaired) electrons. The van der Waals surface area contributed by atoms with Crippen molar-refractivity contribution in [3.8, 4) is 0 Å². The van der Waals surface area contributed by atoms with Gasteiger partial charge in [-0.1, -0.05) is 26.0 Å². The van der Waals surface area contributed by atoms with Gasteiger partial charge in [0.05, 0.1) is 12.0 Å². The van der Waals surface area contributed by atoms with Crippen LogP contribution < -0.4 is 5.32 Å². The zero-order valence-corrected chi connectivity index (χ0v) is 15.3. The lowest BCUT2D eigenvalue weighted by molar-refractivity contribution is -0.384. The van der Waals surface area contributed by atoms with E-state index in [0.717, 1.165) is 6.08 Å². The average Bonchev–Trinajstić information content (AvgIpc) is 2.63. The predicted molar refractivity (Wildman–Crippen MR) is 96.5 cm³/mol. The van der Waals surface area contributed by atoms with Gasteiger partial charge in [-0.2, -0.15) is 0 Å². The van der Waals surface area contributed by atoms with Gasteiger partial charge in [0.1, 0.15) is 6.04 Å². The van der Waals surface area contributed by atoms with Gasteiger partial charge in [0.25, 0.3) is 11.6 Å². The zero-order chi connectivity index (χ0) is 20.4. The molecule has 1 rings (SSSR count). The second-order valence-electron chi connectivity index (χ2n) is 6.07. The summed E-state index contributed by atoms with van der Waals surface area (Å²) in [6.45, 7) is 3.21. The number of amides is 1. The first-order valence-corrected chi connectivity index (χ1v) is 8.19. The molecule has 0 aliphatic rings. The Morgan fingerprint density at radius 2 is 2.00 bits per heavy atom. The molecule has 0 aromatic heterocycles. The number of carbonyl (C=O) groups excluding carboxylic acids is 3. The molecule has 0 spiro atoms. The summed E-state index contributed by atoms with van der Waals surface area (Å²) in [5.41, 5.74) is 0.331. The molecule has 9 nitrogen and oxygen atoms in total. The summed E-state index contributed by atoms with van der Waals surface area (Å²) in [5.74, 6) is -1.86. The zero-order valence-electron chi connectivity index (χ0n) is 15.3. The van der Waals surface area contributed by atoms with Crippen molar-refractivity contribution < 1.29 is 28.8 Å². The average molecular weight is 378 g/mol. The van der Waals surface area contributed by atoms with Gasteiger partial charge in [-0.05, 0) is 24.0 Å². The van der Waals surface area contributed by atoms with Crippen molar-refractivity contribution in [3.63, 3.8) is 0 Å². The molecule has 0 aliphatic heterocycles. The normalized spacial score (nSPS) is 11.9. The van der Waals surface area contributed by atoms with E-state index in [9.17, 15) is 24.5 Å². The summed E-state index contributed by atoms with van der Waals surface area (Å²) in [5, 5.41) is 13.2. The fourth-order valence-electron chi connectivity index (χ4n) is 2.15. The van der Waals surface area contributed by atoms with E-state index >= 15 is 0 Å². The molecule has 0 aliphatic carbocycles. The standard InChI is InChI=1S/C18H22N2O7/c1-12(2)9-15(18(23)26-3)19-16(21)11-27-17(22)8-7-13-5-4-6-14(10-13)20(24)25/h4-8,10,12,15H,9,11H2,1-3H3,(H,19,21)/b8-7+/t15-/m0/s1. The van der Waals surface area contributed by atoms with Crippen LogP contribution in [-0.4, -0.2) is 42.5 Å². The highest BCUT2D eigenvalue weighted by Crippen LogP contribution is 2.14. The number of non-ortho nitro benzene ring substituents is 1. The maximum Gasteiger partial charge on any atom is 0.331 e.